The number of hydrogen-bond donors (Lipinski definition) is 1. The second-order valence-corrected chi connectivity index (χ2v) is 5.67. The second-order valence-electron chi connectivity index (χ2n) is 4.76. The number of methoxy groups -OCH3 is 1. The van der Waals surface area contributed by atoms with Gasteiger partial charge in [0.15, 0.2) is 0 Å². The lowest BCUT2D eigenvalue weighted by atomic mass is 9.92. The Hall–Kier alpha value is -0.540. The van der Waals surface area contributed by atoms with Crippen molar-refractivity contribution in [2.75, 3.05) is 7.11 Å². The van der Waals surface area contributed by atoms with E-state index in [1.54, 1.807) is 7.11 Å². The second kappa shape index (κ2) is 4.04. The van der Waals surface area contributed by atoms with E-state index in [0.717, 1.165) is 34.2 Å². The van der Waals surface area contributed by atoms with Crippen molar-refractivity contribution < 1.29 is 9.84 Å². The molecule has 0 aliphatic heterocycles. The molecular formula is C13H17BrO2. The number of aliphatic hydroxyl groups is 1. The van der Waals surface area contributed by atoms with Gasteiger partial charge in [0.1, 0.15) is 5.75 Å². The van der Waals surface area contributed by atoms with Crippen LogP contribution in [-0.2, 0) is 5.60 Å². The number of benzene rings is 1. The molecule has 88 valence electrons. The Balaban J connectivity index is 2.60. The van der Waals surface area contributed by atoms with E-state index in [-0.39, 0.29) is 0 Å². The Labute approximate surface area is 105 Å². The van der Waals surface area contributed by atoms with Crippen molar-refractivity contribution in [2.24, 2.45) is 0 Å². The summed E-state index contributed by atoms with van der Waals surface area (Å²) in [6.07, 6.45) is 1.71. The standard InChI is InChI=1S/C13H17BrO2/c1-8(2)12-10(13(15)4-5-13)6-9(14)7-11(12)16-3/h6-8,15H,4-5H2,1-3H3. The fourth-order valence-electron chi connectivity index (χ4n) is 2.13. The van der Waals surface area contributed by atoms with Crippen LogP contribution in [0.25, 0.3) is 0 Å². The van der Waals surface area contributed by atoms with Crippen LogP contribution in [0, 0.1) is 0 Å². The number of halogens is 1. The van der Waals surface area contributed by atoms with Crippen LogP contribution in [0.5, 0.6) is 5.75 Å². The predicted molar refractivity (Wildman–Crippen MR) is 67.9 cm³/mol. The molecule has 1 fully saturated rings. The summed E-state index contributed by atoms with van der Waals surface area (Å²) in [5.41, 5.74) is 1.54. The molecule has 0 saturated heterocycles. The lowest BCUT2D eigenvalue weighted by molar-refractivity contribution is 0.149. The van der Waals surface area contributed by atoms with Gasteiger partial charge in [-0.25, -0.2) is 0 Å². The van der Waals surface area contributed by atoms with Crippen molar-refractivity contribution in [1.82, 2.24) is 0 Å². The van der Waals surface area contributed by atoms with Crippen LogP contribution in [0.3, 0.4) is 0 Å². The number of hydrogen-bond acceptors (Lipinski definition) is 2. The molecule has 1 aromatic carbocycles. The molecule has 1 aromatic rings. The molecule has 0 radical (unpaired) electrons. The van der Waals surface area contributed by atoms with Gasteiger partial charge in [-0.2, -0.15) is 0 Å². The summed E-state index contributed by atoms with van der Waals surface area (Å²) in [7, 11) is 1.67. The van der Waals surface area contributed by atoms with Crippen LogP contribution in [0.2, 0.25) is 0 Å². The van der Waals surface area contributed by atoms with Gasteiger partial charge in [-0.15, -0.1) is 0 Å². The van der Waals surface area contributed by atoms with Crippen molar-refractivity contribution in [1.29, 1.82) is 0 Å². The van der Waals surface area contributed by atoms with E-state index in [0.29, 0.717) is 5.92 Å². The molecule has 1 N–H and O–H groups in total. The first-order valence-corrected chi connectivity index (χ1v) is 6.37. The largest absolute Gasteiger partial charge is 0.496 e. The zero-order valence-corrected chi connectivity index (χ0v) is 11.5. The van der Waals surface area contributed by atoms with Crippen LogP contribution in [-0.4, -0.2) is 12.2 Å². The van der Waals surface area contributed by atoms with Gasteiger partial charge < -0.3 is 9.84 Å². The third-order valence-corrected chi connectivity index (χ3v) is 3.59. The van der Waals surface area contributed by atoms with E-state index in [9.17, 15) is 5.11 Å². The van der Waals surface area contributed by atoms with Gasteiger partial charge in [-0.3, -0.25) is 0 Å². The minimum atomic E-state index is -0.614. The molecule has 0 atom stereocenters. The molecule has 2 rings (SSSR count). The van der Waals surface area contributed by atoms with Gasteiger partial charge in [0.25, 0.3) is 0 Å². The van der Waals surface area contributed by atoms with E-state index < -0.39 is 5.60 Å². The summed E-state index contributed by atoms with van der Waals surface area (Å²) >= 11 is 3.47. The van der Waals surface area contributed by atoms with Crippen LogP contribution >= 0.6 is 15.9 Å². The van der Waals surface area contributed by atoms with E-state index in [2.05, 4.69) is 29.8 Å². The predicted octanol–water partition coefficient (Wildman–Crippen LogP) is 3.56. The number of rotatable bonds is 3. The first kappa shape index (κ1) is 11.9. The van der Waals surface area contributed by atoms with Gasteiger partial charge in [0.2, 0.25) is 0 Å². The van der Waals surface area contributed by atoms with Gasteiger partial charge in [-0.1, -0.05) is 29.8 Å². The maximum Gasteiger partial charge on any atom is 0.123 e. The lowest BCUT2D eigenvalue weighted by Crippen LogP contribution is -2.11. The fourth-order valence-corrected chi connectivity index (χ4v) is 2.57. The number of ether oxygens (including phenoxy) is 1. The monoisotopic (exact) mass is 284 g/mol. The highest BCUT2D eigenvalue weighted by atomic mass is 79.9. The van der Waals surface area contributed by atoms with Crippen LogP contribution < -0.4 is 4.74 Å². The quantitative estimate of drug-likeness (QED) is 0.920. The van der Waals surface area contributed by atoms with Crippen LogP contribution in [0.1, 0.15) is 43.7 Å². The van der Waals surface area contributed by atoms with Gasteiger partial charge >= 0.3 is 0 Å². The summed E-state index contributed by atoms with van der Waals surface area (Å²) in [4.78, 5) is 0. The molecule has 1 aliphatic carbocycles. The molecule has 1 saturated carbocycles. The van der Waals surface area contributed by atoms with Gasteiger partial charge in [0.05, 0.1) is 12.7 Å². The molecule has 3 heteroatoms. The van der Waals surface area contributed by atoms with Gasteiger partial charge in [0, 0.05) is 10.0 Å². The Morgan fingerprint density at radius 3 is 2.44 bits per heavy atom. The van der Waals surface area contributed by atoms with E-state index in [4.69, 9.17) is 4.74 Å². The van der Waals surface area contributed by atoms with Crippen LogP contribution in [0.15, 0.2) is 16.6 Å². The molecule has 1 aliphatic rings. The molecule has 0 heterocycles. The molecule has 0 aromatic heterocycles. The molecule has 0 bridgehead atoms. The third kappa shape index (κ3) is 1.98. The van der Waals surface area contributed by atoms with Crippen molar-refractivity contribution in [3.63, 3.8) is 0 Å². The topological polar surface area (TPSA) is 29.5 Å². The summed E-state index contributed by atoms with van der Waals surface area (Å²) in [5.74, 6) is 1.21. The Bertz CT molecular complexity index is 409. The molecule has 2 nitrogen and oxygen atoms in total. The Morgan fingerprint density at radius 1 is 1.38 bits per heavy atom. The first-order chi connectivity index (χ1) is 7.48. The third-order valence-electron chi connectivity index (χ3n) is 3.13. The van der Waals surface area contributed by atoms with Crippen LogP contribution in [0.4, 0.5) is 0 Å². The summed E-state index contributed by atoms with van der Waals surface area (Å²) in [6, 6.07) is 3.98. The summed E-state index contributed by atoms with van der Waals surface area (Å²) in [6.45, 7) is 4.25. The van der Waals surface area contributed by atoms with E-state index in [1.165, 1.54) is 0 Å². The molecule has 0 amide bonds. The Kier molecular flexibility index (Phi) is 3.01. The van der Waals surface area contributed by atoms with E-state index in [1.807, 2.05) is 12.1 Å². The van der Waals surface area contributed by atoms with Crippen molar-refractivity contribution >= 4 is 15.9 Å². The van der Waals surface area contributed by atoms with Crippen molar-refractivity contribution in [3.05, 3.63) is 27.7 Å². The smallest absolute Gasteiger partial charge is 0.123 e. The Morgan fingerprint density at radius 2 is 2.00 bits per heavy atom. The zero-order chi connectivity index (χ0) is 11.9. The fraction of sp³-hybridized carbons (Fsp3) is 0.538. The SMILES string of the molecule is COc1cc(Br)cc(C2(O)CC2)c1C(C)C. The average molecular weight is 285 g/mol. The maximum absolute atomic E-state index is 10.3. The first-order valence-electron chi connectivity index (χ1n) is 5.58. The van der Waals surface area contributed by atoms with Crippen molar-refractivity contribution in [2.45, 2.75) is 38.2 Å². The minimum Gasteiger partial charge on any atom is -0.496 e. The highest BCUT2D eigenvalue weighted by Crippen LogP contribution is 2.50. The normalized spacial score (nSPS) is 17.6. The highest BCUT2D eigenvalue weighted by molar-refractivity contribution is 9.10. The molecular weight excluding hydrogens is 268 g/mol. The molecule has 0 unspecified atom stereocenters. The zero-order valence-electron chi connectivity index (χ0n) is 9.88. The van der Waals surface area contributed by atoms with Crippen molar-refractivity contribution in [3.8, 4) is 5.75 Å². The minimum absolute atomic E-state index is 0.350. The highest BCUT2D eigenvalue weighted by Gasteiger charge is 2.44. The average Bonchev–Trinajstić information content (AvgIpc) is 2.96. The molecule has 0 spiro atoms. The maximum atomic E-state index is 10.3. The molecule has 16 heavy (non-hydrogen) atoms. The summed E-state index contributed by atoms with van der Waals surface area (Å²) in [5, 5.41) is 10.3. The van der Waals surface area contributed by atoms with E-state index >= 15 is 0 Å². The van der Waals surface area contributed by atoms with Gasteiger partial charge in [-0.05, 0) is 36.5 Å². The summed E-state index contributed by atoms with van der Waals surface area (Å²) < 4.78 is 6.37. The lowest BCUT2D eigenvalue weighted by Gasteiger charge is -2.20.